The molecular formula is C20H23NO2. The van der Waals surface area contributed by atoms with Gasteiger partial charge in [0.25, 0.3) is 0 Å². The Morgan fingerprint density at radius 1 is 1.04 bits per heavy atom. The van der Waals surface area contributed by atoms with E-state index in [9.17, 15) is 0 Å². The summed E-state index contributed by atoms with van der Waals surface area (Å²) in [7, 11) is 3.42. The van der Waals surface area contributed by atoms with E-state index >= 15 is 0 Å². The molecule has 0 saturated carbocycles. The average molecular weight is 309 g/mol. The summed E-state index contributed by atoms with van der Waals surface area (Å²) in [5, 5.41) is 0. The van der Waals surface area contributed by atoms with E-state index in [-0.39, 0.29) is 0 Å². The standard InChI is InChI=1S/C20H23NO2/c1-22-18-11-15-8-9-21-13-16(10-14-6-4-3-5-7-14)20(21)17(15)12-19(18)23-2/h3-7,11-12,16,20H,8-10,13H2,1-2H3/t16-,20-/m1/s1. The van der Waals surface area contributed by atoms with Crippen molar-refractivity contribution in [3.8, 4) is 11.5 Å². The summed E-state index contributed by atoms with van der Waals surface area (Å²) in [6, 6.07) is 15.7. The smallest absolute Gasteiger partial charge is 0.161 e. The third-order valence-electron chi connectivity index (χ3n) is 5.28. The molecule has 0 bridgehead atoms. The summed E-state index contributed by atoms with van der Waals surface area (Å²) >= 11 is 0. The van der Waals surface area contributed by atoms with E-state index in [1.54, 1.807) is 14.2 Å². The first-order valence-electron chi connectivity index (χ1n) is 8.33. The molecule has 23 heavy (non-hydrogen) atoms. The summed E-state index contributed by atoms with van der Waals surface area (Å²) < 4.78 is 11.0. The van der Waals surface area contributed by atoms with Crippen molar-refractivity contribution in [2.75, 3.05) is 27.3 Å². The maximum absolute atomic E-state index is 5.52. The lowest BCUT2D eigenvalue weighted by Gasteiger charge is -2.52. The van der Waals surface area contributed by atoms with Gasteiger partial charge in [-0.25, -0.2) is 0 Å². The van der Waals surface area contributed by atoms with E-state index in [1.165, 1.54) is 23.2 Å². The molecule has 0 unspecified atom stereocenters. The predicted molar refractivity (Wildman–Crippen MR) is 91.2 cm³/mol. The monoisotopic (exact) mass is 309 g/mol. The first-order valence-corrected chi connectivity index (χ1v) is 8.33. The molecule has 2 atom stereocenters. The average Bonchev–Trinajstić information content (AvgIpc) is 2.58. The number of fused-ring (bicyclic) bond motifs is 3. The van der Waals surface area contributed by atoms with Gasteiger partial charge in [-0.05, 0) is 47.6 Å². The fourth-order valence-corrected chi connectivity index (χ4v) is 4.14. The molecule has 2 aromatic carbocycles. The van der Waals surface area contributed by atoms with Gasteiger partial charge in [0.1, 0.15) is 0 Å². The molecule has 2 heterocycles. The minimum Gasteiger partial charge on any atom is -0.493 e. The molecule has 1 fully saturated rings. The highest BCUT2D eigenvalue weighted by Gasteiger charge is 2.43. The van der Waals surface area contributed by atoms with Crippen molar-refractivity contribution >= 4 is 0 Å². The first kappa shape index (κ1) is 14.6. The van der Waals surface area contributed by atoms with Crippen molar-refractivity contribution in [3.63, 3.8) is 0 Å². The summed E-state index contributed by atoms with van der Waals surface area (Å²) in [5.41, 5.74) is 4.28. The molecule has 0 spiro atoms. The van der Waals surface area contributed by atoms with E-state index in [1.807, 2.05) is 0 Å². The predicted octanol–water partition coefficient (Wildman–Crippen LogP) is 3.48. The van der Waals surface area contributed by atoms with Crippen LogP contribution in [0, 0.1) is 5.92 Å². The van der Waals surface area contributed by atoms with Crippen LogP contribution in [0.25, 0.3) is 0 Å². The van der Waals surface area contributed by atoms with Crippen LogP contribution in [0.4, 0.5) is 0 Å². The number of nitrogens with zero attached hydrogens (tertiary/aromatic N) is 1. The van der Waals surface area contributed by atoms with Crippen molar-refractivity contribution in [1.29, 1.82) is 0 Å². The van der Waals surface area contributed by atoms with Gasteiger partial charge in [-0.1, -0.05) is 30.3 Å². The maximum Gasteiger partial charge on any atom is 0.161 e. The van der Waals surface area contributed by atoms with Gasteiger partial charge in [-0.2, -0.15) is 0 Å². The SMILES string of the molecule is COc1cc2c(cc1OC)[C@H]1[C@H](Cc3ccccc3)CN1CC2. The molecule has 2 aromatic rings. The number of ether oxygens (including phenoxy) is 2. The van der Waals surface area contributed by atoms with Gasteiger partial charge in [-0.3, -0.25) is 4.90 Å². The minimum absolute atomic E-state index is 0.527. The highest BCUT2D eigenvalue weighted by atomic mass is 16.5. The molecule has 120 valence electrons. The molecule has 0 aliphatic carbocycles. The summed E-state index contributed by atoms with van der Waals surface area (Å²) in [6.45, 7) is 2.35. The molecule has 3 heteroatoms. The fourth-order valence-electron chi connectivity index (χ4n) is 4.14. The third-order valence-corrected chi connectivity index (χ3v) is 5.28. The van der Waals surface area contributed by atoms with Crippen LogP contribution in [0.2, 0.25) is 0 Å². The zero-order valence-corrected chi connectivity index (χ0v) is 13.8. The van der Waals surface area contributed by atoms with Crippen LogP contribution in [-0.2, 0) is 12.8 Å². The van der Waals surface area contributed by atoms with Crippen LogP contribution in [-0.4, -0.2) is 32.2 Å². The highest BCUT2D eigenvalue weighted by molar-refractivity contribution is 5.50. The first-order chi connectivity index (χ1) is 11.3. The Morgan fingerprint density at radius 2 is 1.78 bits per heavy atom. The van der Waals surface area contributed by atoms with E-state index < -0.39 is 0 Å². The van der Waals surface area contributed by atoms with Gasteiger partial charge in [0, 0.05) is 19.1 Å². The lowest BCUT2D eigenvalue weighted by atomic mass is 9.75. The number of rotatable bonds is 4. The second kappa shape index (κ2) is 5.89. The van der Waals surface area contributed by atoms with E-state index in [4.69, 9.17) is 9.47 Å². The fraction of sp³-hybridized carbons (Fsp3) is 0.400. The molecule has 1 saturated heterocycles. The van der Waals surface area contributed by atoms with Gasteiger partial charge >= 0.3 is 0 Å². The normalized spacial score (nSPS) is 22.7. The Morgan fingerprint density at radius 3 is 2.52 bits per heavy atom. The molecule has 0 aromatic heterocycles. The van der Waals surface area contributed by atoms with Crippen LogP contribution in [0.3, 0.4) is 0 Å². The second-order valence-corrected chi connectivity index (χ2v) is 6.55. The van der Waals surface area contributed by atoms with Crippen molar-refractivity contribution in [2.24, 2.45) is 5.92 Å². The third kappa shape index (κ3) is 2.49. The number of benzene rings is 2. The van der Waals surface area contributed by atoms with Crippen LogP contribution in [0.15, 0.2) is 42.5 Å². The number of hydrogen-bond acceptors (Lipinski definition) is 3. The van der Waals surface area contributed by atoms with Crippen LogP contribution in [0.1, 0.15) is 22.7 Å². The van der Waals surface area contributed by atoms with Gasteiger partial charge in [0.05, 0.1) is 14.2 Å². The molecule has 4 rings (SSSR count). The van der Waals surface area contributed by atoms with Crippen molar-refractivity contribution in [1.82, 2.24) is 4.90 Å². The largest absolute Gasteiger partial charge is 0.493 e. The number of methoxy groups -OCH3 is 2. The lowest BCUT2D eigenvalue weighted by Crippen LogP contribution is -2.53. The van der Waals surface area contributed by atoms with E-state index in [0.717, 1.165) is 30.9 Å². The molecule has 0 amide bonds. The topological polar surface area (TPSA) is 21.7 Å². The Kier molecular flexibility index (Phi) is 3.74. The highest BCUT2D eigenvalue weighted by Crippen LogP contribution is 2.47. The second-order valence-electron chi connectivity index (χ2n) is 6.55. The molecular weight excluding hydrogens is 286 g/mol. The van der Waals surface area contributed by atoms with Crippen LogP contribution in [0.5, 0.6) is 11.5 Å². The van der Waals surface area contributed by atoms with Crippen molar-refractivity contribution < 1.29 is 9.47 Å². The van der Waals surface area contributed by atoms with E-state index in [2.05, 4.69) is 47.4 Å². The summed E-state index contributed by atoms with van der Waals surface area (Å²) in [6.07, 6.45) is 2.25. The van der Waals surface area contributed by atoms with Crippen molar-refractivity contribution in [2.45, 2.75) is 18.9 Å². The Balaban J connectivity index is 1.63. The van der Waals surface area contributed by atoms with Crippen molar-refractivity contribution in [3.05, 3.63) is 59.2 Å². The Labute approximate surface area is 137 Å². The summed E-state index contributed by atoms with van der Waals surface area (Å²) in [4.78, 5) is 2.60. The van der Waals surface area contributed by atoms with E-state index in [0.29, 0.717) is 12.0 Å². The lowest BCUT2D eigenvalue weighted by molar-refractivity contribution is 0.00535. The van der Waals surface area contributed by atoms with Crippen LogP contribution < -0.4 is 9.47 Å². The Hall–Kier alpha value is -2.00. The Bertz CT molecular complexity index is 698. The number of hydrogen-bond donors (Lipinski definition) is 0. The molecule has 0 N–H and O–H groups in total. The molecule has 2 aliphatic rings. The quantitative estimate of drug-likeness (QED) is 0.863. The molecule has 0 radical (unpaired) electrons. The zero-order valence-electron chi connectivity index (χ0n) is 13.8. The van der Waals surface area contributed by atoms with Gasteiger partial charge in [0.15, 0.2) is 11.5 Å². The molecule has 3 nitrogen and oxygen atoms in total. The zero-order chi connectivity index (χ0) is 15.8. The van der Waals surface area contributed by atoms with Crippen LogP contribution >= 0.6 is 0 Å². The minimum atomic E-state index is 0.527. The van der Waals surface area contributed by atoms with Gasteiger partial charge in [0.2, 0.25) is 0 Å². The molecule has 2 aliphatic heterocycles. The van der Waals surface area contributed by atoms with Gasteiger partial charge < -0.3 is 9.47 Å². The summed E-state index contributed by atoms with van der Waals surface area (Å²) in [5.74, 6) is 2.38. The maximum atomic E-state index is 5.52. The van der Waals surface area contributed by atoms with Gasteiger partial charge in [-0.15, -0.1) is 0 Å².